The average molecular weight is 333 g/mol. The summed E-state index contributed by atoms with van der Waals surface area (Å²) >= 11 is 0. The van der Waals surface area contributed by atoms with Crippen LogP contribution in [0.4, 0.5) is 4.39 Å². The van der Waals surface area contributed by atoms with Gasteiger partial charge in [-0.05, 0) is 17.7 Å². The van der Waals surface area contributed by atoms with E-state index in [2.05, 4.69) is 4.98 Å². The monoisotopic (exact) mass is 333 g/mol. The number of carbonyl (C=O) groups is 1. The van der Waals surface area contributed by atoms with Crippen LogP contribution in [0.25, 0.3) is 0 Å². The fourth-order valence-corrected chi connectivity index (χ4v) is 2.93. The molecule has 0 saturated carbocycles. The zero-order valence-corrected chi connectivity index (χ0v) is 13.3. The maximum absolute atomic E-state index is 13.0. The van der Waals surface area contributed by atoms with E-state index in [1.165, 1.54) is 12.1 Å². The first-order valence-corrected chi connectivity index (χ1v) is 7.83. The van der Waals surface area contributed by atoms with E-state index in [0.717, 1.165) is 5.56 Å². The molecule has 24 heavy (non-hydrogen) atoms. The number of rotatable bonds is 5. The number of nitrogens with zero attached hydrogens (tertiary/aromatic N) is 3. The number of amides is 1. The van der Waals surface area contributed by atoms with E-state index in [-0.39, 0.29) is 24.9 Å². The van der Waals surface area contributed by atoms with Crippen LogP contribution in [0.1, 0.15) is 5.56 Å². The summed E-state index contributed by atoms with van der Waals surface area (Å²) in [7, 11) is 0. The van der Waals surface area contributed by atoms with E-state index in [0.29, 0.717) is 26.1 Å². The molecule has 1 atom stereocenters. The summed E-state index contributed by atoms with van der Waals surface area (Å²) < 4.78 is 20.6. The Hall–Kier alpha value is -2.25. The zero-order valence-electron chi connectivity index (χ0n) is 13.3. The molecule has 2 aromatic rings. The Labute approximate surface area is 139 Å². The van der Waals surface area contributed by atoms with Crippen molar-refractivity contribution >= 4 is 5.91 Å². The van der Waals surface area contributed by atoms with Crippen molar-refractivity contribution in [3.05, 3.63) is 54.4 Å². The van der Waals surface area contributed by atoms with E-state index in [1.54, 1.807) is 40.3 Å². The van der Waals surface area contributed by atoms with Gasteiger partial charge in [-0.2, -0.15) is 0 Å². The average Bonchev–Trinajstić information content (AvgIpc) is 3.10. The summed E-state index contributed by atoms with van der Waals surface area (Å²) in [4.78, 5) is 18.1. The van der Waals surface area contributed by atoms with Crippen molar-refractivity contribution in [2.45, 2.75) is 18.6 Å². The first-order valence-electron chi connectivity index (χ1n) is 7.83. The van der Waals surface area contributed by atoms with Gasteiger partial charge in [-0.15, -0.1) is 0 Å². The van der Waals surface area contributed by atoms with Crippen LogP contribution < -0.4 is 0 Å². The number of benzene rings is 1. The second kappa shape index (κ2) is 7.11. The zero-order chi connectivity index (χ0) is 17.0. The van der Waals surface area contributed by atoms with Gasteiger partial charge in [0.1, 0.15) is 18.0 Å². The minimum absolute atomic E-state index is 0.0479. The topological polar surface area (TPSA) is 67.6 Å². The number of carbonyl (C=O) groups excluding carboxylic acids is 1. The quantitative estimate of drug-likeness (QED) is 0.881. The Morgan fingerprint density at radius 2 is 2.17 bits per heavy atom. The van der Waals surface area contributed by atoms with Crippen molar-refractivity contribution in [1.82, 2.24) is 14.5 Å². The molecule has 1 N–H and O–H groups in total. The normalized spacial score (nSPS) is 21.0. The van der Waals surface area contributed by atoms with Crippen LogP contribution in [0.3, 0.4) is 0 Å². The molecule has 128 valence electrons. The summed E-state index contributed by atoms with van der Waals surface area (Å²) in [5.74, 6) is -0.355. The molecule has 1 unspecified atom stereocenters. The smallest absolute Gasteiger partial charge is 0.242 e. The Morgan fingerprint density at radius 1 is 1.38 bits per heavy atom. The van der Waals surface area contributed by atoms with Crippen LogP contribution in [-0.4, -0.2) is 57.4 Å². The number of aliphatic hydroxyl groups excluding tert-OH is 1. The number of ether oxygens (including phenoxy) is 1. The standard InChI is InChI=1S/C17H20FN3O3/c18-15-3-1-14(2-4-15)9-17(12-22)11-21(7-8-24-17)16(23)10-20-6-5-19-13-20/h1-6,13,22H,7-12H2. The van der Waals surface area contributed by atoms with Gasteiger partial charge in [0.2, 0.25) is 5.91 Å². The predicted molar refractivity (Wildman–Crippen MR) is 84.7 cm³/mol. The third-order valence-electron chi connectivity index (χ3n) is 4.21. The van der Waals surface area contributed by atoms with Crippen LogP contribution in [0.15, 0.2) is 43.0 Å². The molecule has 0 aliphatic carbocycles. The van der Waals surface area contributed by atoms with Gasteiger partial charge in [-0.25, -0.2) is 9.37 Å². The molecule has 1 amide bonds. The number of imidazole rings is 1. The molecular weight excluding hydrogens is 313 g/mol. The Balaban J connectivity index is 1.69. The van der Waals surface area contributed by atoms with Crippen molar-refractivity contribution in [2.24, 2.45) is 0 Å². The molecule has 6 nitrogen and oxygen atoms in total. The first-order chi connectivity index (χ1) is 11.6. The Kier molecular flexibility index (Phi) is 4.92. The molecule has 7 heteroatoms. The van der Waals surface area contributed by atoms with Crippen molar-refractivity contribution in [2.75, 3.05) is 26.3 Å². The second-order valence-electron chi connectivity index (χ2n) is 6.04. The lowest BCUT2D eigenvalue weighted by Gasteiger charge is -2.42. The largest absolute Gasteiger partial charge is 0.393 e. The minimum atomic E-state index is -0.860. The lowest BCUT2D eigenvalue weighted by Crippen LogP contribution is -2.57. The maximum atomic E-state index is 13.0. The number of halogens is 1. The van der Waals surface area contributed by atoms with E-state index >= 15 is 0 Å². The molecule has 1 aliphatic rings. The number of aromatic nitrogens is 2. The van der Waals surface area contributed by atoms with Gasteiger partial charge in [0.25, 0.3) is 0 Å². The van der Waals surface area contributed by atoms with Crippen molar-refractivity contribution in [1.29, 1.82) is 0 Å². The third kappa shape index (κ3) is 3.80. The van der Waals surface area contributed by atoms with Gasteiger partial charge in [-0.1, -0.05) is 12.1 Å². The molecule has 1 aliphatic heterocycles. The summed E-state index contributed by atoms with van der Waals surface area (Å²) in [5.41, 5.74) is -0.00455. The van der Waals surface area contributed by atoms with E-state index in [9.17, 15) is 14.3 Å². The third-order valence-corrected chi connectivity index (χ3v) is 4.21. The molecule has 1 fully saturated rings. The Bertz CT molecular complexity index is 675. The molecule has 0 spiro atoms. The van der Waals surface area contributed by atoms with Gasteiger partial charge in [-0.3, -0.25) is 4.79 Å². The van der Waals surface area contributed by atoms with Crippen LogP contribution in [-0.2, 0) is 22.5 Å². The molecular formula is C17H20FN3O3. The number of aliphatic hydroxyl groups is 1. The molecule has 1 saturated heterocycles. The lowest BCUT2D eigenvalue weighted by molar-refractivity contribution is -0.158. The van der Waals surface area contributed by atoms with Crippen molar-refractivity contribution in [3.63, 3.8) is 0 Å². The van der Waals surface area contributed by atoms with Gasteiger partial charge in [0.05, 0.1) is 26.1 Å². The van der Waals surface area contributed by atoms with Gasteiger partial charge in [0.15, 0.2) is 0 Å². The first kappa shape index (κ1) is 16.6. The van der Waals surface area contributed by atoms with Crippen LogP contribution in [0.5, 0.6) is 0 Å². The Morgan fingerprint density at radius 3 is 2.83 bits per heavy atom. The molecule has 1 aromatic carbocycles. The molecule has 3 rings (SSSR count). The van der Waals surface area contributed by atoms with E-state index in [1.807, 2.05) is 0 Å². The molecule has 0 radical (unpaired) electrons. The molecule has 2 heterocycles. The van der Waals surface area contributed by atoms with Crippen molar-refractivity contribution < 1.29 is 19.0 Å². The van der Waals surface area contributed by atoms with Crippen LogP contribution in [0.2, 0.25) is 0 Å². The van der Waals surface area contributed by atoms with Gasteiger partial charge in [0, 0.05) is 25.4 Å². The SMILES string of the molecule is O=C(Cn1ccnc1)N1CCOC(CO)(Cc2ccc(F)cc2)C1. The number of hydrogen-bond acceptors (Lipinski definition) is 4. The highest BCUT2D eigenvalue weighted by Gasteiger charge is 2.38. The van der Waals surface area contributed by atoms with Crippen molar-refractivity contribution in [3.8, 4) is 0 Å². The molecule has 1 aromatic heterocycles. The fourth-order valence-electron chi connectivity index (χ4n) is 2.93. The second-order valence-corrected chi connectivity index (χ2v) is 6.04. The van der Waals surface area contributed by atoms with Crippen LogP contribution in [0, 0.1) is 5.82 Å². The summed E-state index contributed by atoms with van der Waals surface area (Å²) in [6, 6.07) is 6.10. The lowest BCUT2D eigenvalue weighted by atomic mass is 9.93. The van der Waals surface area contributed by atoms with Gasteiger partial charge >= 0.3 is 0 Å². The summed E-state index contributed by atoms with van der Waals surface area (Å²) in [6.45, 7) is 1.14. The van der Waals surface area contributed by atoms with E-state index < -0.39 is 5.60 Å². The summed E-state index contributed by atoms with van der Waals surface area (Å²) in [5, 5.41) is 9.86. The number of hydrogen-bond donors (Lipinski definition) is 1. The van der Waals surface area contributed by atoms with E-state index in [4.69, 9.17) is 4.74 Å². The molecule has 0 bridgehead atoms. The van der Waals surface area contributed by atoms with Crippen LogP contribution >= 0.6 is 0 Å². The highest BCUT2D eigenvalue weighted by Crippen LogP contribution is 2.23. The maximum Gasteiger partial charge on any atom is 0.242 e. The minimum Gasteiger partial charge on any atom is -0.393 e. The number of morpholine rings is 1. The highest BCUT2D eigenvalue weighted by atomic mass is 19.1. The predicted octanol–water partition coefficient (Wildman–Crippen LogP) is 0.855. The summed E-state index contributed by atoms with van der Waals surface area (Å²) in [6.07, 6.45) is 5.37. The highest BCUT2D eigenvalue weighted by molar-refractivity contribution is 5.76. The fraction of sp³-hybridized carbons (Fsp3) is 0.412. The van der Waals surface area contributed by atoms with Gasteiger partial charge < -0.3 is 19.3 Å².